The van der Waals surface area contributed by atoms with Crippen molar-refractivity contribution >= 4 is 5.91 Å². The maximum absolute atomic E-state index is 11.5. The van der Waals surface area contributed by atoms with Crippen molar-refractivity contribution in [2.75, 3.05) is 13.1 Å². The molecule has 1 rings (SSSR count). The molecule has 6 heteroatoms. The number of hydrogen-bond donors (Lipinski definition) is 2. The van der Waals surface area contributed by atoms with Gasteiger partial charge < -0.3 is 10.6 Å². The van der Waals surface area contributed by atoms with Crippen LogP contribution in [-0.2, 0) is 17.8 Å². The second-order valence-corrected chi connectivity index (χ2v) is 5.61. The van der Waals surface area contributed by atoms with Crippen molar-refractivity contribution < 1.29 is 4.79 Å². The number of nitrogens with zero attached hydrogens (tertiary/aromatic N) is 3. The number of carbonyl (C=O) groups is 1. The van der Waals surface area contributed by atoms with Crippen LogP contribution in [0.25, 0.3) is 0 Å². The van der Waals surface area contributed by atoms with Gasteiger partial charge in [0.25, 0.3) is 0 Å². The molecule has 0 aliphatic heterocycles. The molecule has 6 nitrogen and oxygen atoms in total. The van der Waals surface area contributed by atoms with Gasteiger partial charge in [-0.1, -0.05) is 18.6 Å². The Bertz CT molecular complexity index is 403. The molecule has 0 aliphatic rings. The van der Waals surface area contributed by atoms with Crippen LogP contribution in [0.5, 0.6) is 0 Å². The lowest BCUT2D eigenvalue weighted by molar-refractivity contribution is -0.121. The molecule has 2 N–H and O–H groups in total. The van der Waals surface area contributed by atoms with E-state index in [9.17, 15) is 4.79 Å². The molecule has 0 saturated heterocycles. The van der Waals surface area contributed by atoms with Gasteiger partial charge in [-0.2, -0.15) is 0 Å². The van der Waals surface area contributed by atoms with E-state index in [1.54, 1.807) is 0 Å². The standard InChI is InChI=1S/C15H29N5O/c1-4-16-10-9-14-12-20(19-18-14)11-7-5-6-8-15(21)17-13(2)3/h12-13,16H,4-11H2,1-3H3,(H,17,21). The minimum atomic E-state index is 0.150. The maximum Gasteiger partial charge on any atom is 0.220 e. The summed E-state index contributed by atoms with van der Waals surface area (Å²) < 4.78 is 1.90. The second-order valence-electron chi connectivity index (χ2n) is 5.61. The fourth-order valence-corrected chi connectivity index (χ4v) is 2.09. The van der Waals surface area contributed by atoms with E-state index in [0.717, 1.165) is 51.0 Å². The van der Waals surface area contributed by atoms with Gasteiger partial charge in [0.1, 0.15) is 0 Å². The van der Waals surface area contributed by atoms with E-state index in [1.165, 1.54) is 0 Å². The third-order valence-corrected chi connectivity index (χ3v) is 3.13. The first-order valence-corrected chi connectivity index (χ1v) is 8.01. The number of hydrogen-bond acceptors (Lipinski definition) is 4. The average molecular weight is 295 g/mol. The highest BCUT2D eigenvalue weighted by Gasteiger charge is 2.03. The van der Waals surface area contributed by atoms with Gasteiger partial charge in [0.15, 0.2) is 0 Å². The monoisotopic (exact) mass is 295 g/mol. The Kier molecular flexibility index (Phi) is 8.66. The number of likely N-dealkylation sites (N-methyl/N-ethyl adjacent to an activating group) is 1. The van der Waals surface area contributed by atoms with Crippen LogP contribution in [0, 0.1) is 0 Å². The number of amides is 1. The SMILES string of the molecule is CCNCCc1cn(CCCCCC(=O)NC(C)C)nn1. The minimum absolute atomic E-state index is 0.150. The van der Waals surface area contributed by atoms with Crippen molar-refractivity contribution in [3.63, 3.8) is 0 Å². The van der Waals surface area contributed by atoms with Gasteiger partial charge in [0.2, 0.25) is 5.91 Å². The summed E-state index contributed by atoms with van der Waals surface area (Å²) in [5.74, 6) is 0.150. The van der Waals surface area contributed by atoms with Gasteiger partial charge in [0, 0.05) is 38.2 Å². The first-order chi connectivity index (χ1) is 10.1. The van der Waals surface area contributed by atoms with Gasteiger partial charge in [-0.05, 0) is 33.2 Å². The molecule has 0 unspecified atom stereocenters. The Morgan fingerprint density at radius 1 is 1.33 bits per heavy atom. The van der Waals surface area contributed by atoms with Crippen molar-refractivity contribution in [3.05, 3.63) is 11.9 Å². The number of aryl methyl sites for hydroxylation is 1. The highest BCUT2D eigenvalue weighted by atomic mass is 16.1. The third kappa shape index (κ3) is 8.45. The molecule has 1 heterocycles. The van der Waals surface area contributed by atoms with Gasteiger partial charge in [-0.3, -0.25) is 9.48 Å². The molecule has 1 amide bonds. The molecule has 0 bridgehead atoms. The first kappa shape index (κ1) is 17.6. The largest absolute Gasteiger partial charge is 0.354 e. The van der Waals surface area contributed by atoms with E-state index < -0.39 is 0 Å². The molecular weight excluding hydrogens is 266 g/mol. The van der Waals surface area contributed by atoms with Gasteiger partial charge >= 0.3 is 0 Å². The predicted molar refractivity (Wildman–Crippen MR) is 84.0 cm³/mol. The smallest absolute Gasteiger partial charge is 0.220 e. The zero-order valence-electron chi connectivity index (χ0n) is 13.6. The lowest BCUT2D eigenvalue weighted by Gasteiger charge is -2.07. The van der Waals surface area contributed by atoms with E-state index in [4.69, 9.17) is 0 Å². The van der Waals surface area contributed by atoms with E-state index in [2.05, 4.69) is 27.9 Å². The van der Waals surface area contributed by atoms with Gasteiger partial charge in [-0.15, -0.1) is 5.10 Å². The zero-order valence-corrected chi connectivity index (χ0v) is 13.6. The van der Waals surface area contributed by atoms with Crippen molar-refractivity contribution in [1.29, 1.82) is 0 Å². The van der Waals surface area contributed by atoms with E-state index >= 15 is 0 Å². The zero-order chi connectivity index (χ0) is 15.5. The summed E-state index contributed by atoms with van der Waals surface area (Å²) in [6, 6.07) is 0.230. The quantitative estimate of drug-likeness (QED) is 0.607. The molecule has 0 saturated carbocycles. The van der Waals surface area contributed by atoms with Gasteiger partial charge in [0.05, 0.1) is 5.69 Å². The highest BCUT2D eigenvalue weighted by molar-refractivity contribution is 5.76. The molecule has 0 spiro atoms. The van der Waals surface area contributed by atoms with Crippen LogP contribution in [0.2, 0.25) is 0 Å². The Labute approximate surface area is 127 Å². The fraction of sp³-hybridized carbons (Fsp3) is 0.800. The molecule has 0 radical (unpaired) electrons. The topological polar surface area (TPSA) is 71.8 Å². The third-order valence-electron chi connectivity index (χ3n) is 3.13. The molecule has 0 aromatic carbocycles. The lowest BCUT2D eigenvalue weighted by atomic mass is 10.2. The summed E-state index contributed by atoms with van der Waals surface area (Å²) in [6.07, 6.45) is 6.55. The molecule has 120 valence electrons. The average Bonchev–Trinajstić information content (AvgIpc) is 2.86. The van der Waals surface area contributed by atoms with E-state index in [-0.39, 0.29) is 11.9 Å². The number of nitrogens with one attached hydrogen (secondary N) is 2. The second kappa shape index (κ2) is 10.3. The van der Waals surface area contributed by atoms with Crippen molar-refractivity contribution in [2.45, 2.75) is 65.5 Å². The maximum atomic E-state index is 11.5. The van der Waals surface area contributed by atoms with Crippen LogP contribution in [0.15, 0.2) is 6.20 Å². The normalized spacial score (nSPS) is 11.0. The van der Waals surface area contributed by atoms with Crippen LogP contribution < -0.4 is 10.6 Å². The van der Waals surface area contributed by atoms with Gasteiger partial charge in [-0.25, -0.2) is 0 Å². The van der Waals surface area contributed by atoms with E-state index in [0.29, 0.717) is 6.42 Å². The lowest BCUT2D eigenvalue weighted by Crippen LogP contribution is -2.29. The molecule has 0 aliphatic carbocycles. The van der Waals surface area contributed by atoms with Crippen LogP contribution in [-0.4, -0.2) is 40.0 Å². The minimum Gasteiger partial charge on any atom is -0.354 e. The molecule has 1 aromatic rings. The van der Waals surface area contributed by atoms with Crippen LogP contribution in [0.4, 0.5) is 0 Å². The molecular formula is C15H29N5O. The summed E-state index contributed by atoms with van der Waals surface area (Å²) >= 11 is 0. The van der Waals surface area contributed by atoms with Crippen LogP contribution >= 0.6 is 0 Å². The summed E-state index contributed by atoms with van der Waals surface area (Å²) in [4.78, 5) is 11.5. The Hall–Kier alpha value is -1.43. The van der Waals surface area contributed by atoms with Crippen LogP contribution in [0.3, 0.4) is 0 Å². The number of unbranched alkanes of at least 4 members (excludes halogenated alkanes) is 2. The Balaban J connectivity index is 2.08. The molecule has 21 heavy (non-hydrogen) atoms. The Morgan fingerprint density at radius 3 is 2.86 bits per heavy atom. The molecule has 1 aromatic heterocycles. The molecule has 0 atom stereocenters. The Morgan fingerprint density at radius 2 is 2.14 bits per heavy atom. The van der Waals surface area contributed by atoms with Crippen molar-refractivity contribution in [2.24, 2.45) is 0 Å². The van der Waals surface area contributed by atoms with Crippen molar-refractivity contribution in [1.82, 2.24) is 25.6 Å². The highest BCUT2D eigenvalue weighted by Crippen LogP contribution is 2.03. The summed E-state index contributed by atoms with van der Waals surface area (Å²) in [5.41, 5.74) is 1.03. The number of carbonyl (C=O) groups excluding carboxylic acids is 1. The first-order valence-electron chi connectivity index (χ1n) is 8.01. The predicted octanol–water partition coefficient (Wildman–Crippen LogP) is 1.52. The fourth-order valence-electron chi connectivity index (χ4n) is 2.09. The van der Waals surface area contributed by atoms with E-state index in [1.807, 2.05) is 24.7 Å². The summed E-state index contributed by atoms with van der Waals surface area (Å²) in [6.45, 7) is 8.86. The van der Waals surface area contributed by atoms with Crippen LogP contribution in [0.1, 0.15) is 52.1 Å². The number of rotatable bonds is 11. The number of aromatic nitrogens is 3. The summed E-state index contributed by atoms with van der Waals surface area (Å²) in [7, 11) is 0. The molecule has 0 fully saturated rings. The van der Waals surface area contributed by atoms with Crippen molar-refractivity contribution in [3.8, 4) is 0 Å². The summed E-state index contributed by atoms with van der Waals surface area (Å²) in [5, 5.41) is 14.5.